The number of aromatic nitrogens is 1. The van der Waals surface area contributed by atoms with Gasteiger partial charge >= 0.3 is 0 Å². The van der Waals surface area contributed by atoms with Gasteiger partial charge in [-0.25, -0.2) is 0 Å². The maximum Gasteiger partial charge on any atom is 0.0729 e. The second kappa shape index (κ2) is 5.08. The van der Waals surface area contributed by atoms with Crippen LogP contribution in [0.3, 0.4) is 0 Å². The number of halogens is 1. The average Bonchev–Trinajstić information content (AvgIpc) is 2.66. The normalized spacial score (nSPS) is 27.9. The molecule has 2 rings (SSSR count). The molecular formula is C12H16BrNO. The van der Waals surface area contributed by atoms with Crippen LogP contribution < -0.4 is 0 Å². The molecule has 1 aromatic heterocycles. The van der Waals surface area contributed by atoms with Gasteiger partial charge in [-0.05, 0) is 36.5 Å². The van der Waals surface area contributed by atoms with Gasteiger partial charge in [-0.2, -0.15) is 0 Å². The molecule has 3 unspecified atom stereocenters. The molecule has 3 atom stereocenters. The van der Waals surface area contributed by atoms with Crippen molar-refractivity contribution in [3.63, 3.8) is 0 Å². The molecule has 2 heterocycles. The predicted molar refractivity (Wildman–Crippen MR) is 64.2 cm³/mol. The molecule has 0 radical (unpaired) electrons. The quantitative estimate of drug-likeness (QED) is 0.788. The first kappa shape index (κ1) is 11.1. The summed E-state index contributed by atoms with van der Waals surface area (Å²) in [5.41, 5.74) is 1.31. The Hall–Kier alpha value is -0.410. The number of pyridine rings is 1. The lowest BCUT2D eigenvalue weighted by atomic mass is 9.98. The highest BCUT2D eigenvalue weighted by Crippen LogP contribution is 2.28. The summed E-state index contributed by atoms with van der Waals surface area (Å²) in [5, 5.41) is 0. The van der Waals surface area contributed by atoms with Gasteiger partial charge in [-0.1, -0.05) is 22.9 Å². The summed E-state index contributed by atoms with van der Waals surface area (Å²) in [4.78, 5) is 4.43. The summed E-state index contributed by atoms with van der Waals surface area (Å²) in [6.07, 6.45) is 6.24. The van der Waals surface area contributed by atoms with E-state index in [2.05, 4.69) is 40.0 Å². The maximum atomic E-state index is 5.74. The Balaban J connectivity index is 1.94. The van der Waals surface area contributed by atoms with Gasteiger partial charge in [0.15, 0.2) is 0 Å². The van der Waals surface area contributed by atoms with E-state index in [1.54, 1.807) is 0 Å². The van der Waals surface area contributed by atoms with Gasteiger partial charge in [0.2, 0.25) is 0 Å². The van der Waals surface area contributed by atoms with Crippen molar-refractivity contribution in [2.75, 3.05) is 6.61 Å². The van der Waals surface area contributed by atoms with Crippen LogP contribution in [0.1, 0.15) is 18.9 Å². The third kappa shape index (κ3) is 2.79. The highest BCUT2D eigenvalue weighted by atomic mass is 79.9. The number of ether oxygens (including phenoxy) is 1. The van der Waals surface area contributed by atoms with E-state index in [9.17, 15) is 0 Å². The largest absolute Gasteiger partial charge is 0.377 e. The summed E-state index contributed by atoms with van der Waals surface area (Å²) in [6.45, 7) is 3.17. The lowest BCUT2D eigenvalue weighted by Crippen LogP contribution is -2.26. The molecule has 1 saturated heterocycles. The lowest BCUT2D eigenvalue weighted by Gasteiger charge is -2.20. The monoisotopic (exact) mass is 269 g/mol. The first-order valence-electron chi connectivity index (χ1n) is 5.42. The SMILES string of the molecule is CC1CCOC1C(Br)Cc1ccncc1. The van der Waals surface area contributed by atoms with E-state index < -0.39 is 0 Å². The second-order valence-electron chi connectivity index (χ2n) is 4.18. The fourth-order valence-electron chi connectivity index (χ4n) is 2.04. The van der Waals surface area contributed by atoms with Crippen molar-refractivity contribution in [3.05, 3.63) is 30.1 Å². The summed E-state index contributed by atoms with van der Waals surface area (Å²) in [5.74, 6) is 0.663. The average molecular weight is 270 g/mol. The van der Waals surface area contributed by atoms with E-state index in [0.29, 0.717) is 16.8 Å². The van der Waals surface area contributed by atoms with Crippen molar-refractivity contribution >= 4 is 15.9 Å². The molecule has 0 N–H and O–H groups in total. The van der Waals surface area contributed by atoms with Crippen molar-refractivity contribution in [1.82, 2.24) is 4.98 Å². The highest BCUT2D eigenvalue weighted by Gasteiger charge is 2.30. The molecule has 0 aliphatic carbocycles. The lowest BCUT2D eigenvalue weighted by molar-refractivity contribution is 0.0934. The molecule has 3 heteroatoms. The Morgan fingerprint density at radius 1 is 1.53 bits per heavy atom. The van der Waals surface area contributed by atoms with Gasteiger partial charge in [0.25, 0.3) is 0 Å². The molecule has 0 saturated carbocycles. The molecule has 0 aromatic carbocycles. The molecule has 1 fully saturated rings. The second-order valence-corrected chi connectivity index (χ2v) is 5.35. The first-order chi connectivity index (χ1) is 7.27. The molecule has 15 heavy (non-hydrogen) atoms. The van der Waals surface area contributed by atoms with E-state index in [-0.39, 0.29) is 0 Å². The number of hydrogen-bond acceptors (Lipinski definition) is 2. The molecule has 1 aliphatic rings. The zero-order chi connectivity index (χ0) is 10.7. The summed E-state index contributed by atoms with van der Waals surface area (Å²) >= 11 is 3.74. The van der Waals surface area contributed by atoms with E-state index in [1.807, 2.05) is 12.4 Å². The minimum Gasteiger partial charge on any atom is -0.377 e. The van der Waals surface area contributed by atoms with E-state index in [4.69, 9.17) is 4.74 Å². The van der Waals surface area contributed by atoms with Crippen molar-refractivity contribution < 1.29 is 4.74 Å². The van der Waals surface area contributed by atoms with Crippen LogP contribution in [0, 0.1) is 5.92 Å². The number of alkyl halides is 1. The highest BCUT2D eigenvalue weighted by molar-refractivity contribution is 9.09. The Morgan fingerprint density at radius 2 is 2.27 bits per heavy atom. The Labute approximate surface area is 99.2 Å². The summed E-state index contributed by atoms with van der Waals surface area (Å²) in [6, 6.07) is 4.13. The molecule has 1 aromatic rings. The standard InChI is InChI=1S/C12H16BrNO/c1-9-4-7-15-12(9)11(13)8-10-2-5-14-6-3-10/h2-3,5-6,9,11-12H,4,7-8H2,1H3. The molecule has 82 valence electrons. The molecule has 0 amide bonds. The number of rotatable bonds is 3. The molecule has 2 nitrogen and oxygen atoms in total. The number of hydrogen-bond donors (Lipinski definition) is 0. The molecular weight excluding hydrogens is 254 g/mol. The fourth-order valence-corrected chi connectivity index (χ4v) is 3.09. The van der Waals surface area contributed by atoms with Crippen molar-refractivity contribution in [2.45, 2.75) is 30.7 Å². The Morgan fingerprint density at radius 3 is 2.87 bits per heavy atom. The van der Waals surface area contributed by atoms with Gasteiger partial charge in [-0.3, -0.25) is 4.98 Å². The van der Waals surface area contributed by atoms with Crippen molar-refractivity contribution in [3.8, 4) is 0 Å². The predicted octanol–water partition coefficient (Wildman–Crippen LogP) is 2.81. The maximum absolute atomic E-state index is 5.74. The van der Waals surface area contributed by atoms with E-state index in [0.717, 1.165) is 13.0 Å². The van der Waals surface area contributed by atoms with Gasteiger partial charge in [-0.15, -0.1) is 0 Å². The molecule has 1 aliphatic heterocycles. The third-order valence-corrected chi connectivity index (χ3v) is 3.83. The molecule has 0 spiro atoms. The van der Waals surface area contributed by atoms with Crippen LogP contribution in [0.5, 0.6) is 0 Å². The fraction of sp³-hybridized carbons (Fsp3) is 0.583. The van der Waals surface area contributed by atoms with Crippen LogP contribution in [0.15, 0.2) is 24.5 Å². The Kier molecular flexibility index (Phi) is 3.76. The van der Waals surface area contributed by atoms with Crippen molar-refractivity contribution in [1.29, 1.82) is 0 Å². The van der Waals surface area contributed by atoms with Gasteiger partial charge in [0.1, 0.15) is 0 Å². The Bertz CT molecular complexity index is 304. The van der Waals surface area contributed by atoms with Gasteiger partial charge < -0.3 is 4.74 Å². The van der Waals surface area contributed by atoms with Gasteiger partial charge in [0.05, 0.1) is 6.10 Å². The summed E-state index contributed by atoms with van der Waals surface area (Å²) < 4.78 is 5.74. The smallest absolute Gasteiger partial charge is 0.0729 e. The molecule has 0 bridgehead atoms. The van der Waals surface area contributed by atoms with Crippen molar-refractivity contribution in [2.24, 2.45) is 5.92 Å². The van der Waals surface area contributed by atoms with Crippen LogP contribution in [0.4, 0.5) is 0 Å². The number of nitrogens with zero attached hydrogens (tertiary/aromatic N) is 1. The first-order valence-corrected chi connectivity index (χ1v) is 6.33. The summed E-state index contributed by atoms with van der Waals surface area (Å²) in [7, 11) is 0. The van der Waals surface area contributed by atoms with Crippen LogP contribution in [-0.2, 0) is 11.2 Å². The van der Waals surface area contributed by atoms with Crippen LogP contribution in [-0.4, -0.2) is 22.5 Å². The zero-order valence-corrected chi connectivity index (χ0v) is 10.5. The minimum absolute atomic E-state index is 0.359. The van der Waals surface area contributed by atoms with Crippen LogP contribution >= 0.6 is 15.9 Å². The van der Waals surface area contributed by atoms with E-state index in [1.165, 1.54) is 12.0 Å². The minimum atomic E-state index is 0.359. The zero-order valence-electron chi connectivity index (χ0n) is 8.90. The van der Waals surface area contributed by atoms with Crippen LogP contribution in [0.2, 0.25) is 0 Å². The van der Waals surface area contributed by atoms with Gasteiger partial charge in [0, 0.05) is 23.8 Å². The topological polar surface area (TPSA) is 22.1 Å². The van der Waals surface area contributed by atoms with E-state index >= 15 is 0 Å². The third-order valence-electron chi connectivity index (χ3n) is 2.98. The van der Waals surface area contributed by atoms with Crippen LogP contribution in [0.25, 0.3) is 0 Å².